The fourth-order valence-corrected chi connectivity index (χ4v) is 1.45. The minimum Gasteiger partial charge on any atom is -0.508 e. The number of aryl methyl sites for hydroxylation is 1. The number of unbranched alkanes of at least 4 members (excludes halogenated alkanes) is 1. The Balaban J connectivity index is 3.06. The third kappa shape index (κ3) is 2.72. The van der Waals surface area contributed by atoms with Crippen molar-refractivity contribution < 1.29 is 16.4 Å². The molecule has 0 aromatic heterocycles. The molecule has 0 fully saturated rings. The van der Waals surface area contributed by atoms with Gasteiger partial charge in [0.1, 0.15) is 11.5 Å². The van der Waals surface area contributed by atoms with Crippen molar-refractivity contribution in [3.05, 3.63) is 23.3 Å². The molecule has 0 aliphatic carbocycles. The molecule has 0 bridgehead atoms. The van der Waals surface area contributed by atoms with Gasteiger partial charge in [-0.05, 0) is 25.0 Å². The van der Waals surface area contributed by atoms with Crippen molar-refractivity contribution in [3.63, 3.8) is 0 Å². The lowest BCUT2D eigenvalue weighted by molar-refractivity contribution is 0.0976. The van der Waals surface area contributed by atoms with Crippen LogP contribution in [-0.2, 0) is 0 Å². The highest BCUT2D eigenvalue weighted by atomic mass is 16.3. The number of rotatable bonds is 4. The topological polar surface area (TPSA) is 57.5 Å². The number of ketones is 1. The van der Waals surface area contributed by atoms with Crippen molar-refractivity contribution in [2.24, 2.45) is 0 Å². The molecule has 0 aliphatic rings. The molecule has 0 heterocycles. The fourth-order valence-electron chi connectivity index (χ4n) is 1.45. The smallest absolute Gasteiger partial charge is 0.166 e. The van der Waals surface area contributed by atoms with Crippen molar-refractivity contribution in [1.29, 1.82) is 0 Å². The van der Waals surface area contributed by atoms with Crippen LogP contribution in [0.4, 0.5) is 0 Å². The molecule has 0 saturated heterocycles. The van der Waals surface area contributed by atoms with Gasteiger partial charge in [-0.3, -0.25) is 4.79 Å². The van der Waals surface area contributed by atoms with E-state index in [1.807, 2.05) is 6.92 Å². The third-order valence-corrected chi connectivity index (χ3v) is 2.22. The number of carbonyl (C=O) groups is 1. The molecule has 3 nitrogen and oxygen atoms in total. The summed E-state index contributed by atoms with van der Waals surface area (Å²) in [5, 5.41) is 18.9. The van der Waals surface area contributed by atoms with Gasteiger partial charge in [-0.15, -0.1) is 0 Å². The highest BCUT2D eigenvalue weighted by Crippen LogP contribution is 2.28. The van der Waals surface area contributed by atoms with Crippen LogP contribution in [0.5, 0.6) is 11.5 Å². The zero-order valence-electron chi connectivity index (χ0n) is 9.79. The number of phenols is 2. The quantitative estimate of drug-likeness (QED) is 0.749. The van der Waals surface area contributed by atoms with E-state index in [0.29, 0.717) is 12.0 Å². The molecule has 0 spiro atoms. The van der Waals surface area contributed by atoms with Crippen LogP contribution in [0.15, 0.2) is 12.1 Å². The number of carbonyl (C=O) groups excluding carboxylic acids is 1. The van der Waals surface area contributed by atoms with Gasteiger partial charge < -0.3 is 10.2 Å². The highest BCUT2D eigenvalue weighted by Gasteiger charge is 2.14. The van der Waals surface area contributed by atoms with Gasteiger partial charge in [-0.2, -0.15) is 0 Å². The maximum absolute atomic E-state index is 11.8. The SMILES string of the molecule is [2H]Cc1cc(O)cc(O)c1C(=O)CCCC. The van der Waals surface area contributed by atoms with Crippen LogP contribution in [0, 0.1) is 6.90 Å². The average Bonchev–Trinajstić information content (AvgIpc) is 2.24. The Kier molecular flexibility index (Phi) is 3.22. The molecular formula is C12H16O3. The number of aromatic hydroxyl groups is 2. The Morgan fingerprint density at radius 3 is 2.80 bits per heavy atom. The van der Waals surface area contributed by atoms with Gasteiger partial charge in [0.2, 0.25) is 0 Å². The molecular weight excluding hydrogens is 192 g/mol. The molecule has 15 heavy (non-hydrogen) atoms. The number of Topliss-reactive ketones (excluding diaryl/α,β-unsaturated/α-hetero) is 1. The van der Waals surface area contributed by atoms with E-state index in [4.69, 9.17) is 1.37 Å². The second-order valence-corrected chi connectivity index (χ2v) is 3.53. The molecule has 1 rings (SSSR count). The first-order valence-electron chi connectivity index (χ1n) is 5.68. The molecule has 0 unspecified atom stereocenters. The maximum Gasteiger partial charge on any atom is 0.166 e. The van der Waals surface area contributed by atoms with Gasteiger partial charge in [0.25, 0.3) is 0 Å². The monoisotopic (exact) mass is 209 g/mol. The summed E-state index contributed by atoms with van der Waals surface area (Å²) in [4.78, 5) is 11.8. The maximum atomic E-state index is 11.8. The summed E-state index contributed by atoms with van der Waals surface area (Å²) in [5.74, 6) is -0.517. The van der Waals surface area contributed by atoms with Crippen LogP contribution in [0.3, 0.4) is 0 Å². The first kappa shape index (κ1) is 10.0. The molecule has 0 amide bonds. The standard InChI is InChI=1S/C12H16O3/c1-3-4-5-10(14)12-8(2)6-9(13)7-11(12)15/h6-7,13,15H,3-5H2,1-2H3/i2D. The van der Waals surface area contributed by atoms with E-state index >= 15 is 0 Å². The summed E-state index contributed by atoms with van der Waals surface area (Å²) in [5.41, 5.74) is 0.555. The van der Waals surface area contributed by atoms with Crippen molar-refractivity contribution in [2.75, 3.05) is 0 Å². The Morgan fingerprint density at radius 1 is 1.47 bits per heavy atom. The minimum atomic E-state index is -0.233. The van der Waals surface area contributed by atoms with E-state index in [2.05, 4.69) is 0 Å². The van der Waals surface area contributed by atoms with E-state index in [9.17, 15) is 15.0 Å². The number of hydrogen-bond acceptors (Lipinski definition) is 3. The summed E-state index contributed by atoms with van der Waals surface area (Å²) in [6.45, 7) is 1.85. The Bertz CT molecular complexity index is 388. The largest absolute Gasteiger partial charge is 0.508 e. The van der Waals surface area contributed by atoms with Gasteiger partial charge in [0.05, 0.1) is 5.56 Å². The Labute approximate surface area is 90.8 Å². The van der Waals surface area contributed by atoms with E-state index in [1.165, 1.54) is 6.07 Å². The van der Waals surface area contributed by atoms with Crippen LogP contribution in [0.2, 0.25) is 0 Å². The highest BCUT2D eigenvalue weighted by molar-refractivity contribution is 6.00. The second kappa shape index (κ2) is 4.82. The van der Waals surface area contributed by atoms with E-state index < -0.39 is 0 Å². The summed E-state index contributed by atoms with van der Waals surface area (Å²) < 4.78 is 7.27. The minimum absolute atomic E-state index is 0.119. The molecule has 0 radical (unpaired) electrons. The number of benzene rings is 1. The fraction of sp³-hybridized carbons (Fsp3) is 0.417. The third-order valence-electron chi connectivity index (χ3n) is 2.22. The predicted octanol–water partition coefficient (Wildman–Crippen LogP) is 2.78. The lowest BCUT2D eigenvalue weighted by atomic mass is 9.99. The number of hydrogen-bond donors (Lipinski definition) is 2. The van der Waals surface area contributed by atoms with Crippen LogP contribution in [-0.4, -0.2) is 16.0 Å². The van der Waals surface area contributed by atoms with Gasteiger partial charge in [0.15, 0.2) is 5.78 Å². The predicted molar refractivity (Wildman–Crippen MR) is 58.4 cm³/mol. The first-order valence-corrected chi connectivity index (χ1v) is 4.97. The molecule has 0 saturated carbocycles. The lowest BCUT2D eigenvalue weighted by Crippen LogP contribution is -2.02. The average molecular weight is 209 g/mol. The van der Waals surface area contributed by atoms with Crippen LogP contribution < -0.4 is 0 Å². The summed E-state index contributed by atoms with van der Waals surface area (Å²) in [6.07, 6.45) is 2.03. The lowest BCUT2D eigenvalue weighted by Gasteiger charge is -2.07. The molecule has 82 valence electrons. The van der Waals surface area contributed by atoms with Crippen molar-refractivity contribution in [1.82, 2.24) is 0 Å². The molecule has 0 atom stereocenters. The van der Waals surface area contributed by atoms with Crippen molar-refractivity contribution >= 4 is 5.78 Å². The Hall–Kier alpha value is -1.51. The van der Waals surface area contributed by atoms with Crippen LogP contribution >= 0.6 is 0 Å². The zero-order valence-corrected chi connectivity index (χ0v) is 8.79. The van der Waals surface area contributed by atoms with E-state index in [0.717, 1.165) is 18.9 Å². The van der Waals surface area contributed by atoms with Crippen molar-refractivity contribution in [2.45, 2.75) is 33.1 Å². The molecule has 1 aromatic carbocycles. The summed E-state index contributed by atoms with van der Waals surface area (Å²) in [6, 6.07) is 2.49. The van der Waals surface area contributed by atoms with Crippen molar-refractivity contribution in [3.8, 4) is 11.5 Å². The zero-order chi connectivity index (χ0) is 12.1. The Morgan fingerprint density at radius 2 is 2.20 bits per heavy atom. The second-order valence-electron chi connectivity index (χ2n) is 3.53. The molecule has 0 aliphatic heterocycles. The summed E-state index contributed by atoms with van der Waals surface area (Å²) in [7, 11) is 0. The van der Waals surface area contributed by atoms with Gasteiger partial charge in [-0.25, -0.2) is 0 Å². The van der Waals surface area contributed by atoms with Gasteiger partial charge >= 0.3 is 0 Å². The van der Waals surface area contributed by atoms with Crippen LogP contribution in [0.25, 0.3) is 0 Å². The van der Waals surface area contributed by atoms with E-state index in [-0.39, 0.29) is 29.7 Å². The van der Waals surface area contributed by atoms with Gasteiger partial charge in [0, 0.05) is 13.9 Å². The normalized spacial score (nSPS) is 11.1. The first-order chi connectivity index (χ1) is 7.60. The van der Waals surface area contributed by atoms with Gasteiger partial charge in [-0.1, -0.05) is 13.3 Å². The summed E-state index contributed by atoms with van der Waals surface area (Å²) >= 11 is 0. The van der Waals surface area contributed by atoms with E-state index in [1.54, 1.807) is 0 Å². The van der Waals surface area contributed by atoms with Crippen LogP contribution in [0.1, 0.15) is 43.5 Å². The number of phenolic OH excluding ortho intramolecular Hbond substituents is 2. The molecule has 2 N–H and O–H groups in total. The molecule has 3 heteroatoms. The molecule has 1 aromatic rings.